The summed E-state index contributed by atoms with van der Waals surface area (Å²) in [7, 11) is 0. The molecule has 4 rings (SSSR count). The van der Waals surface area contributed by atoms with Crippen molar-refractivity contribution < 1.29 is 27.6 Å². The molecule has 228 valence electrons. The molecule has 1 heterocycles. The van der Waals surface area contributed by atoms with Crippen molar-refractivity contribution in [2.45, 2.75) is 64.2 Å². The number of hydrogen-bond donors (Lipinski definition) is 2. The summed E-state index contributed by atoms with van der Waals surface area (Å²) < 4.78 is 40.2. The van der Waals surface area contributed by atoms with Crippen LogP contribution in [0.5, 0.6) is 0 Å². The van der Waals surface area contributed by atoms with Crippen LogP contribution in [0.4, 0.5) is 23.7 Å². The summed E-state index contributed by atoms with van der Waals surface area (Å²) in [6, 6.07) is 17.3. The zero-order valence-corrected chi connectivity index (χ0v) is 24.8. The number of hydrogen-bond acceptors (Lipinski definition) is 3. The molecule has 1 aliphatic heterocycles. The molecule has 3 atom stereocenters. The van der Waals surface area contributed by atoms with Gasteiger partial charge in [0, 0.05) is 17.1 Å². The number of amides is 4. The first-order valence-corrected chi connectivity index (χ1v) is 14.2. The lowest BCUT2D eigenvalue weighted by Gasteiger charge is -2.35. The highest BCUT2D eigenvalue weighted by Gasteiger charge is 2.44. The number of nitrogens with zero attached hydrogens (tertiary/aromatic N) is 2. The molecule has 3 aromatic carbocycles. The molecule has 7 nitrogen and oxygen atoms in total. The number of benzene rings is 3. The Kier molecular flexibility index (Phi) is 9.39. The average molecular weight is 615 g/mol. The quantitative estimate of drug-likeness (QED) is 0.307. The molecule has 4 amide bonds. The van der Waals surface area contributed by atoms with E-state index in [0.29, 0.717) is 16.3 Å². The number of urea groups is 1. The molecule has 0 aromatic heterocycles. The molecule has 0 bridgehead atoms. The molecule has 3 unspecified atom stereocenters. The Hall–Kier alpha value is -4.05. The topological polar surface area (TPSA) is 95.7 Å². The predicted molar refractivity (Wildman–Crippen MR) is 159 cm³/mol. The number of carbonyl (C=O) groups is 3. The van der Waals surface area contributed by atoms with Crippen LogP contribution in [-0.2, 0) is 15.8 Å². The van der Waals surface area contributed by atoms with E-state index >= 15 is 0 Å². The lowest BCUT2D eigenvalue weighted by molar-refractivity contribution is -0.145. The number of anilines is 1. The first kappa shape index (κ1) is 31.9. The van der Waals surface area contributed by atoms with Crippen LogP contribution < -0.4 is 16.1 Å². The highest BCUT2D eigenvalue weighted by Crippen LogP contribution is 2.41. The number of alkyl halides is 3. The smallest absolute Gasteiger partial charge is 0.351 e. The number of carbonyl (C=O) groups excluding carboxylic acids is 3. The third-order valence-electron chi connectivity index (χ3n) is 7.32. The molecule has 43 heavy (non-hydrogen) atoms. The van der Waals surface area contributed by atoms with E-state index in [1.807, 2.05) is 51.1 Å². The lowest BCUT2D eigenvalue weighted by atomic mass is 9.86. The maximum Gasteiger partial charge on any atom is 0.416 e. The molecule has 11 heteroatoms. The summed E-state index contributed by atoms with van der Waals surface area (Å²) in [5.41, 5.74) is 8.88. The van der Waals surface area contributed by atoms with Gasteiger partial charge < -0.3 is 5.73 Å². The van der Waals surface area contributed by atoms with Gasteiger partial charge in [0.15, 0.2) is 0 Å². The zero-order chi connectivity index (χ0) is 31.5. The van der Waals surface area contributed by atoms with E-state index in [-0.39, 0.29) is 25.2 Å². The van der Waals surface area contributed by atoms with E-state index in [4.69, 9.17) is 17.3 Å². The van der Waals surface area contributed by atoms with Crippen molar-refractivity contribution in [2.75, 3.05) is 4.90 Å². The zero-order valence-electron chi connectivity index (χ0n) is 24.1. The number of rotatable bonds is 6. The van der Waals surface area contributed by atoms with Crippen molar-refractivity contribution in [3.63, 3.8) is 0 Å². The summed E-state index contributed by atoms with van der Waals surface area (Å²) >= 11 is 6.22. The average Bonchev–Trinajstić information content (AvgIpc) is 3.05. The van der Waals surface area contributed by atoms with Crippen LogP contribution in [0, 0.1) is 5.41 Å². The maximum atomic E-state index is 14.5. The molecular formula is C32H34ClF3N4O3. The predicted octanol–water partition coefficient (Wildman–Crippen LogP) is 7.23. The van der Waals surface area contributed by atoms with E-state index in [1.54, 1.807) is 18.2 Å². The van der Waals surface area contributed by atoms with E-state index in [2.05, 4.69) is 5.43 Å². The largest absolute Gasteiger partial charge is 0.416 e. The molecule has 3 N–H and O–H groups in total. The summed E-state index contributed by atoms with van der Waals surface area (Å²) in [6.07, 6.45) is -4.11. The number of nitrogens with one attached hydrogen (secondary N) is 1. The molecule has 0 aliphatic carbocycles. The van der Waals surface area contributed by atoms with Crippen LogP contribution in [0.2, 0.25) is 5.02 Å². The lowest BCUT2D eigenvalue weighted by Crippen LogP contribution is -2.57. The van der Waals surface area contributed by atoms with Gasteiger partial charge in [-0.2, -0.15) is 13.2 Å². The van der Waals surface area contributed by atoms with Crippen LogP contribution in [0.3, 0.4) is 0 Å². The van der Waals surface area contributed by atoms with Gasteiger partial charge in [-0.3, -0.25) is 19.9 Å². The molecule has 3 aromatic rings. The normalized spacial score (nSPS) is 19.5. The first-order valence-electron chi connectivity index (χ1n) is 13.8. The van der Waals surface area contributed by atoms with Crippen LogP contribution in [0.1, 0.15) is 68.7 Å². The van der Waals surface area contributed by atoms with Gasteiger partial charge in [-0.1, -0.05) is 80.9 Å². The fourth-order valence-corrected chi connectivity index (χ4v) is 5.61. The number of halogens is 4. The minimum Gasteiger partial charge on any atom is -0.351 e. The van der Waals surface area contributed by atoms with Crippen molar-refractivity contribution in [2.24, 2.45) is 11.1 Å². The molecule has 1 fully saturated rings. The third kappa shape index (κ3) is 7.87. The van der Waals surface area contributed by atoms with Crippen molar-refractivity contribution in [3.8, 4) is 0 Å². The summed E-state index contributed by atoms with van der Waals surface area (Å²) in [5, 5.41) is 1.48. The van der Waals surface area contributed by atoms with Crippen LogP contribution in [-0.4, -0.2) is 28.9 Å². The Morgan fingerprint density at radius 1 is 0.953 bits per heavy atom. The van der Waals surface area contributed by atoms with E-state index in [9.17, 15) is 27.6 Å². The summed E-state index contributed by atoms with van der Waals surface area (Å²) in [5.74, 6) is -1.44. The Morgan fingerprint density at radius 2 is 1.60 bits per heavy atom. The summed E-state index contributed by atoms with van der Waals surface area (Å²) in [4.78, 5) is 41.8. The second kappa shape index (κ2) is 12.7. The van der Waals surface area contributed by atoms with Gasteiger partial charge in [0.05, 0.1) is 11.6 Å². The second-order valence-corrected chi connectivity index (χ2v) is 12.3. The minimum atomic E-state index is -4.55. The van der Waals surface area contributed by atoms with Crippen molar-refractivity contribution in [1.82, 2.24) is 10.4 Å². The number of hydrazine groups is 1. The van der Waals surface area contributed by atoms with Crippen molar-refractivity contribution in [3.05, 3.63) is 101 Å². The van der Waals surface area contributed by atoms with Crippen LogP contribution >= 0.6 is 11.6 Å². The maximum absolute atomic E-state index is 14.5. The van der Waals surface area contributed by atoms with Crippen molar-refractivity contribution in [1.29, 1.82) is 0 Å². The van der Waals surface area contributed by atoms with Crippen molar-refractivity contribution >= 4 is 35.1 Å². The highest BCUT2D eigenvalue weighted by molar-refractivity contribution is 6.31. The van der Waals surface area contributed by atoms with Crippen LogP contribution in [0.25, 0.3) is 0 Å². The fraction of sp³-hybridized carbons (Fsp3) is 0.344. The number of nitrogens with two attached hydrogens (primary N) is 1. The Bertz CT molecular complexity index is 1460. The molecule has 0 radical (unpaired) electrons. The van der Waals surface area contributed by atoms with E-state index in [1.165, 1.54) is 18.2 Å². The van der Waals surface area contributed by atoms with Gasteiger partial charge in [0.25, 0.3) is 5.91 Å². The van der Waals surface area contributed by atoms with Gasteiger partial charge >= 0.3 is 12.2 Å². The molecule has 0 saturated carbocycles. The standard InChI is InChI=1S/C32H34ClF3N4O3/c1-31(2,3)19-28(41)38-40-26(21-12-14-23(15-13-21)32(34,35)36)16-22(20-8-5-4-6-9-20)17-27(29(40)42)39(30(37)43)25-11-7-10-24(33)18-25/h4-15,18,22,26-27H,16-17,19H2,1-3H3,(H2,37,43)(H,38,41). The third-order valence-corrected chi connectivity index (χ3v) is 7.55. The Labute approximate surface area is 253 Å². The van der Waals surface area contributed by atoms with Gasteiger partial charge in [-0.05, 0) is 65.6 Å². The second-order valence-electron chi connectivity index (χ2n) is 11.9. The van der Waals surface area contributed by atoms with Gasteiger partial charge in [-0.15, -0.1) is 0 Å². The van der Waals surface area contributed by atoms with E-state index in [0.717, 1.165) is 27.6 Å². The summed E-state index contributed by atoms with van der Waals surface area (Å²) in [6.45, 7) is 5.60. The Morgan fingerprint density at radius 3 is 2.16 bits per heavy atom. The van der Waals surface area contributed by atoms with Gasteiger partial charge in [0.2, 0.25) is 5.91 Å². The molecule has 0 spiro atoms. The molecular weight excluding hydrogens is 581 g/mol. The minimum absolute atomic E-state index is 0.0666. The Balaban J connectivity index is 1.87. The van der Waals surface area contributed by atoms with Crippen LogP contribution in [0.15, 0.2) is 78.9 Å². The highest BCUT2D eigenvalue weighted by atomic mass is 35.5. The SMILES string of the molecule is CC(C)(C)CC(=O)NN1C(=O)C(N(C(N)=O)c2cccc(Cl)c2)CC(c2ccccc2)CC1c1ccc(C(F)(F)F)cc1. The molecule has 1 aliphatic rings. The van der Waals surface area contributed by atoms with E-state index < -0.39 is 47.1 Å². The first-order chi connectivity index (χ1) is 20.1. The van der Waals surface area contributed by atoms with Gasteiger partial charge in [0.1, 0.15) is 6.04 Å². The fourth-order valence-electron chi connectivity index (χ4n) is 5.42. The monoisotopic (exact) mass is 614 g/mol. The molecule has 1 saturated heterocycles. The van der Waals surface area contributed by atoms with Gasteiger partial charge in [-0.25, -0.2) is 9.80 Å². The number of primary amides is 1.